The Bertz CT molecular complexity index is 970. The number of benzene rings is 2. The number of fused-ring (bicyclic) bond motifs is 1. The minimum absolute atomic E-state index is 0.162. The molecule has 0 radical (unpaired) electrons. The highest BCUT2D eigenvalue weighted by molar-refractivity contribution is 5.99. The first-order chi connectivity index (χ1) is 14.3. The number of nitrogens with zero attached hydrogens (tertiary/aromatic N) is 1. The Labute approximate surface area is 171 Å². The molecule has 1 atom stereocenters. The molecule has 1 aliphatic rings. The number of hydrogen-bond donors (Lipinski definition) is 1. The summed E-state index contributed by atoms with van der Waals surface area (Å²) in [5.74, 6) is 0.946. The quantitative estimate of drug-likeness (QED) is 0.649. The van der Waals surface area contributed by atoms with E-state index >= 15 is 0 Å². The Morgan fingerprint density at radius 2 is 1.79 bits per heavy atom. The van der Waals surface area contributed by atoms with Crippen molar-refractivity contribution in [2.75, 3.05) is 6.61 Å². The van der Waals surface area contributed by atoms with Gasteiger partial charge in [-0.3, -0.25) is 9.78 Å². The molecule has 1 heterocycles. The normalized spacial score (nSPS) is 14.3. The highest BCUT2D eigenvalue weighted by atomic mass is 16.5. The molecule has 4 rings (SSSR count). The highest BCUT2D eigenvalue weighted by Gasteiger charge is 2.24. The van der Waals surface area contributed by atoms with Crippen molar-refractivity contribution in [2.45, 2.75) is 38.2 Å². The van der Waals surface area contributed by atoms with E-state index in [-0.39, 0.29) is 12.4 Å². The number of aliphatic hydroxyl groups is 1. The van der Waals surface area contributed by atoms with Crippen LogP contribution < -0.4 is 4.74 Å². The minimum atomic E-state index is -0.538. The molecular formula is C25H25NO3. The molecule has 0 bridgehead atoms. The van der Waals surface area contributed by atoms with E-state index in [1.165, 1.54) is 5.56 Å². The fourth-order valence-corrected chi connectivity index (χ4v) is 3.99. The van der Waals surface area contributed by atoms with Crippen molar-refractivity contribution in [3.05, 3.63) is 94.8 Å². The number of rotatable bonds is 7. The van der Waals surface area contributed by atoms with Crippen LogP contribution in [0.3, 0.4) is 0 Å². The van der Waals surface area contributed by atoms with E-state index in [0.29, 0.717) is 12.1 Å². The van der Waals surface area contributed by atoms with Crippen molar-refractivity contribution < 1.29 is 14.6 Å². The third-order valence-corrected chi connectivity index (χ3v) is 5.48. The molecule has 29 heavy (non-hydrogen) atoms. The van der Waals surface area contributed by atoms with Crippen molar-refractivity contribution in [1.82, 2.24) is 4.98 Å². The van der Waals surface area contributed by atoms with Crippen molar-refractivity contribution in [3.63, 3.8) is 0 Å². The van der Waals surface area contributed by atoms with Crippen LogP contribution in [0.5, 0.6) is 5.75 Å². The molecule has 3 aromatic rings. The van der Waals surface area contributed by atoms with Gasteiger partial charge in [0.15, 0.2) is 11.9 Å². The van der Waals surface area contributed by atoms with Gasteiger partial charge in [0.2, 0.25) is 0 Å². The maximum Gasteiger partial charge on any atom is 0.163 e. The predicted molar refractivity (Wildman–Crippen MR) is 112 cm³/mol. The topological polar surface area (TPSA) is 59.4 Å². The summed E-state index contributed by atoms with van der Waals surface area (Å²) >= 11 is 0. The average Bonchev–Trinajstić information content (AvgIpc) is 2.78. The second-order valence-corrected chi connectivity index (χ2v) is 7.37. The van der Waals surface area contributed by atoms with Gasteiger partial charge in [-0.25, -0.2) is 0 Å². The zero-order chi connectivity index (χ0) is 20.1. The van der Waals surface area contributed by atoms with Crippen molar-refractivity contribution in [2.24, 2.45) is 0 Å². The number of aliphatic hydroxyl groups excluding tert-OH is 1. The summed E-state index contributed by atoms with van der Waals surface area (Å²) in [6.07, 6.45) is 5.18. The smallest absolute Gasteiger partial charge is 0.163 e. The van der Waals surface area contributed by atoms with E-state index in [1.807, 2.05) is 48.5 Å². The van der Waals surface area contributed by atoms with Crippen LogP contribution in [-0.4, -0.2) is 22.5 Å². The lowest BCUT2D eigenvalue weighted by Gasteiger charge is -2.24. The molecule has 1 aliphatic carbocycles. The molecule has 4 heteroatoms. The molecule has 0 aliphatic heterocycles. The van der Waals surface area contributed by atoms with Gasteiger partial charge in [-0.1, -0.05) is 36.4 Å². The minimum Gasteiger partial charge on any atom is -0.481 e. The number of aryl methyl sites for hydroxylation is 1. The molecule has 1 N–H and O–H groups in total. The molecule has 0 amide bonds. The van der Waals surface area contributed by atoms with Gasteiger partial charge >= 0.3 is 0 Å². The maximum atomic E-state index is 12.4. The van der Waals surface area contributed by atoms with Crippen LogP contribution in [0.15, 0.2) is 66.9 Å². The van der Waals surface area contributed by atoms with E-state index in [4.69, 9.17) is 4.74 Å². The van der Waals surface area contributed by atoms with E-state index in [0.717, 1.165) is 48.1 Å². The van der Waals surface area contributed by atoms with Crippen LogP contribution in [0.2, 0.25) is 0 Å². The molecule has 1 aromatic heterocycles. The Morgan fingerprint density at radius 3 is 2.55 bits per heavy atom. The van der Waals surface area contributed by atoms with Crippen LogP contribution in [0, 0.1) is 0 Å². The average molecular weight is 387 g/mol. The van der Waals surface area contributed by atoms with Crippen LogP contribution in [-0.2, 0) is 19.3 Å². The summed E-state index contributed by atoms with van der Waals surface area (Å²) in [7, 11) is 0. The molecule has 148 valence electrons. The number of aromatic nitrogens is 1. The van der Waals surface area contributed by atoms with Crippen LogP contribution >= 0.6 is 0 Å². The third-order valence-electron chi connectivity index (χ3n) is 5.48. The number of ether oxygens (including phenoxy) is 1. The fraction of sp³-hybridized carbons (Fsp3) is 0.280. The number of Topliss-reactive ketones (excluding diaryl/α,β-unsaturated/α-hetero) is 1. The molecule has 1 unspecified atom stereocenters. The SMILES string of the molecule is O=C1CCCc2c1ccc(OC(CO)c1ccccn1)c2CCc1ccccc1. The molecule has 2 aromatic carbocycles. The summed E-state index contributed by atoms with van der Waals surface area (Å²) < 4.78 is 6.25. The Hall–Kier alpha value is -2.98. The van der Waals surface area contributed by atoms with Gasteiger partial charge in [-0.2, -0.15) is 0 Å². The van der Waals surface area contributed by atoms with Crippen molar-refractivity contribution in [3.8, 4) is 5.75 Å². The molecular weight excluding hydrogens is 362 g/mol. The predicted octanol–water partition coefficient (Wildman–Crippen LogP) is 4.50. The number of pyridine rings is 1. The first-order valence-electron chi connectivity index (χ1n) is 10.2. The molecule has 0 spiro atoms. The van der Waals surface area contributed by atoms with Crippen LogP contribution in [0.25, 0.3) is 0 Å². The van der Waals surface area contributed by atoms with Gasteiger partial charge in [0.25, 0.3) is 0 Å². The summed E-state index contributed by atoms with van der Waals surface area (Å²) in [6.45, 7) is -0.162. The second-order valence-electron chi connectivity index (χ2n) is 7.37. The van der Waals surface area contributed by atoms with Gasteiger partial charge in [0.05, 0.1) is 12.3 Å². The first-order valence-corrected chi connectivity index (χ1v) is 10.2. The zero-order valence-corrected chi connectivity index (χ0v) is 16.4. The zero-order valence-electron chi connectivity index (χ0n) is 16.4. The monoisotopic (exact) mass is 387 g/mol. The van der Waals surface area contributed by atoms with Gasteiger partial charge < -0.3 is 9.84 Å². The standard InChI is InChI=1S/C25H25NO3/c27-17-25(22-10-4-5-16-26-22)29-24-15-14-20-19(9-6-11-23(20)28)21(24)13-12-18-7-2-1-3-8-18/h1-5,7-8,10,14-16,25,27H,6,9,11-13,17H2. The summed E-state index contributed by atoms with van der Waals surface area (Å²) in [6, 6.07) is 19.7. The molecule has 0 saturated heterocycles. The lowest BCUT2D eigenvalue weighted by molar-refractivity contribution is 0.0970. The van der Waals surface area contributed by atoms with Crippen molar-refractivity contribution in [1.29, 1.82) is 0 Å². The summed E-state index contributed by atoms with van der Waals surface area (Å²) in [5, 5.41) is 9.90. The number of carbonyl (C=O) groups excluding carboxylic acids is 1. The number of hydrogen-bond acceptors (Lipinski definition) is 4. The Morgan fingerprint density at radius 1 is 0.966 bits per heavy atom. The first kappa shape index (κ1) is 19.3. The summed E-state index contributed by atoms with van der Waals surface area (Å²) in [5.41, 5.74) is 4.95. The van der Waals surface area contributed by atoms with E-state index in [9.17, 15) is 9.90 Å². The number of ketones is 1. The molecule has 0 saturated carbocycles. The van der Waals surface area contributed by atoms with Crippen molar-refractivity contribution >= 4 is 5.78 Å². The maximum absolute atomic E-state index is 12.4. The summed E-state index contributed by atoms with van der Waals surface area (Å²) in [4.78, 5) is 16.8. The van der Waals surface area contributed by atoms with Crippen LogP contribution in [0.4, 0.5) is 0 Å². The number of carbonyl (C=O) groups is 1. The van der Waals surface area contributed by atoms with Crippen LogP contribution in [0.1, 0.15) is 51.7 Å². The lowest BCUT2D eigenvalue weighted by atomic mass is 9.85. The van der Waals surface area contributed by atoms with Gasteiger partial charge in [0, 0.05) is 18.2 Å². The van der Waals surface area contributed by atoms with E-state index in [1.54, 1.807) is 6.20 Å². The second kappa shape index (κ2) is 9.01. The van der Waals surface area contributed by atoms with E-state index < -0.39 is 6.10 Å². The Balaban J connectivity index is 1.67. The lowest BCUT2D eigenvalue weighted by Crippen LogP contribution is -2.18. The fourth-order valence-electron chi connectivity index (χ4n) is 3.99. The highest BCUT2D eigenvalue weighted by Crippen LogP contribution is 2.34. The molecule has 4 nitrogen and oxygen atoms in total. The van der Waals surface area contributed by atoms with Gasteiger partial charge in [0.1, 0.15) is 5.75 Å². The largest absolute Gasteiger partial charge is 0.481 e. The Kier molecular flexibility index (Phi) is 6.01. The van der Waals surface area contributed by atoms with E-state index in [2.05, 4.69) is 17.1 Å². The van der Waals surface area contributed by atoms with Gasteiger partial charge in [-0.15, -0.1) is 0 Å². The molecule has 0 fully saturated rings. The third kappa shape index (κ3) is 4.38. The van der Waals surface area contributed by atoms with Gasteiger partial charge in [-0.05, 0) is 66.6 Å².